The van der Waals surface area contributed by atoms with Crippen LogP contribution >= 0.6 is 15.9 Å². The zero-order chi connectivity index (χ0) is 14.8. The van der Waals surface area contributed by atoms with Gasteiger partial charge < -0.3 is 10.1 Å². The fraction of sp³-hybridized carbons (Fsp3) is 0.571. The molecule has 0 saturated carbocycles. The van der Waals surface area contributed by atoms with E-state index in [0.29, 0.717) is 24.2 Å². The predicted molar refractivity (Wildman–Crippen MR) is 75.8 cm³/mol. The number of rotatable bonds is 3. The summed E-state index contributed by atoms with van der Waals surface area (Å²) in [6.07, 6.45) is -2.63. The van der Waals surface area contributed by atoms with Crippen LogP contribution in [0.25, 0.3) is 0 Å². The van der Waals surface area contributed by atoms with Crippen molar-refractivity contribution in [2.24, 2.45) is 5.41 Å². The van der Waals surface area contributed by atoms with Crippen LogP contribution in [0.4, 0.5) is 18.9 Å². The fourth-order valence-corrected chi connectivity index (χ4v) is 2.62. The van der Waals surface area contributed by atoms with Gasteiger partial charge in [-0.2, -0.15) is 13.2 Å². The second kappa shape index (κ2) is 5.93. The highest BCUT2D eigenvalue weighted by Gasteiger charge is 2.34. The van der Waals surface area contributed by atoms with Gasteiger partial charge in [0, 0.05) is 29.9 Å². The molecule has 1 fully saturated rings. The van der Waals surface area contributed by atoms with E-state index in [0.717, 1.165) is 18.9 Å². The van der Waals surface area contributed by atoms with Gasteiger partial charge in [0.15, 0.2) is 0 Å². The number of halogens is 4. The highest BCUT2D eigenvalue weighted by atomic mass is 79.9. The standard InChI is InChI=1S/C14H17BrF3NO/c1-13(4-6-20-7-5-13)9-19-12-8-10(15)2-3-11(12)14(16,17)18/h2-3,8,19H,4-7,9H2,1H3. The molecular formula is C14H17BrF3NO. The largest absolute Gasteiger partial charge is 0.418 e. The molecule has 1 saturated heterocycles. The molecular weight excluding hydrogens is 335 g/mol. The maximum Gasteiger partial charge on any atom is 0.418 e. The number of nitrogens with one attached hydrogen (secondary N) is 1. The topological polar surface area (TPSA) is 21.3 Å². The third-order valence-electron chi connectivity index (χ3n) is 3.69. The van der Waals surface area contributed by atoms with Gasteiger partial charge in [-0.25, -0.2) is 0 Å². The van der Waals surface area contributed by atoms with E-state index in [9.17, 15) is 13.2 Å². The van der Waals surface area contributed by atoms with E-state index < -0.39 is 11.7 Å². The van der Waals surface area contributed by atoms with Gasteiger partial charge in [-0.1, -0.05) is 22.9 Å². The Hall–Kier alpha value is -0.750. The van der Waals surface area contributed by atoms with Crippen LogP contribution in [-0.4, -0.2) is 19.8 Å². The van der Waals surface area contributed by atoms with Crippen molar-refractivity contribution in [2.45, 2.75) is 25.9 Å². The van der Waals surface area contributed by atoms with Gasteiger partial charge in [0.25, 0.3) is 0 Å². The number of benzene rings is 1. The number of hydrogen-bond acceptors (Lipinski definition) is 2. The molecule has 0 spiro atoms. The lowest BCUT2D eigenvalue weighted by Gasteiger charge is -2.34. The maximum atomic E-state index is 13.0. The van der Waals surface area contributed by atoms with Crippen LogP contribution in [-0.2, 0) is 10.9 Å². The van der Waals surface area contributed by atoms with E-state index in [1.165, 1.54) is 12.1 Å². The first-order chi connectivity index (χ1) is 9.30. The minimum atomic E-state index is -4.35. The van der Waals surface area contributed by atoms with Crippen molar-refractivity contribution in [3.05, 3.63) is 28.2 Å². The van der Waals surface area contributed by atoms with Crippen LogP contribution in [0.5, 0.6) is 0 Å². The van der Waals surface area contributed by atoms with E-state index in [-0.39, 0.29) is 11.1 Å². The summed E-state index contributed by atoms with van der Waals surface area (Å²) in [4.78, 5) is 0. The van der Waals surface area contributed by atoms with Crippen molar-refractivity contribution in [1.29, 1.82) is 0 Å². The summed E-state index contributed by atoms with van der Waals surface area (Å²) in [5, 5.41) is 2.97. The minimum absolute atomic E-state index is 0.0244. The van der Waals surface area contributed by atoms with E-state index in [4.69, 9.17) is 4.74 Å². The second-order valence-corrected chi connectivity index (χ2v) is 6.38. The molecule has 1 N–H and O–H groups in total. The van der Waals surface area contributed by atoms with E-state index >= 15 is 0 Å². The fourth-order valence-electron chi connectivity index (χ4n) is 2.26. The van der Waals surface area contributed by atoms with E-state index in [2.05, 4.69) is 28.2 Å². The second-order valence-electron chi connectivity index (χ2n) is 5.46. The molecule has 2 nitrogen and oxygen atoms in total. The zero-order valence-electron chi connectivity index (χ0n) is 11.2. The molecule has 0 unspecified atom stereocenters. The Morgan fingerprint density at radius 3 is 2.55 bits per heavy atom. The van der Waals surface area contributed by atoms with E-state index in [1.807, 2.05) is 0 Å². The smallest absolute Gasteiger partial charge is 0.384 e. The van der Waals surface area contributed by atoms with Crippen LogP contribution in [0.2, 0.25) is 0 Å². The van der Waals surface area contributed by atoms with Crippen molar-refractivity contribution >= 4 is 21.6 Å². The normalized spacial score (nSPS) is 18.9. The molecule has 0 amide bonds. The van der Waals surface area contributed by atoms with Crippen LogP contribution in [0.1, 0.15) is 25.3 Å². The molecule has 6 heteroatoms. The van der Waals surface area contributed by atoms with Crippen LogP contribution in [0.3, 0.4) is 0 Å². The number of alkyl halides is 3. The van der Waals surface area contributed by atoms with Gasteiger partial charge in [0.2, 0.25) is 0 Å². The van der Waals surface area contributed by atoms with Gasteiger partial charge in [-0.3, -0.25) is 0 Å². The van der Waals surface area contributed by atoms with Crippen molar-refractivity contribution in [3.8, 4) is 0 Å². The summed E-state index contributed by atoms with van der Waals surface area (Å²) in [7, 11) is 0. The summed E-state index contributed by atoms with van der Waals surface area (Å²) < 4.78 is 44.8. The van der Waals surface area contributed by atoms with Crippen molar-refractivity contribution < 1.29 is 17.9 Å². The molecule has 1 aromatic rings. The Kier molecular flexibility index (Phi) is 4.64. The molecule has 0 atom stereocenters. The lowest BCUT2D eigenvalue weighted by molar-refractivity contribution is -0.137. The summed E-state index contributed by atoms with van der Waals surface area (Å²) >= 11 is 3.22. The third-order valence-corrected chi connectivity index (χ3v) is 4.19. The third kappa shape index (κ3) is 3.88. The molecule has 112 valence electrons. The number of hydrogen-bond donors (Lipinski definition) is 1. The van der Waals surface area contributed by atoms with E-state index in [1.54, 1.807) is 0 Å². The Morgan fingerprint density at radius 2 is 1.95 bits per heavy atom. The van der Waals surface area contributed by atoms with Crippen LogP contribution in [0.15, 0.2) is 22.7 Å². The summed E-state index contributed by atoms with van der Waals surface area (Å²) in [6, 6.07) is 3.98. The van der Waals surface area contributed by atoms with Crippen molar-refractivity contribution in [3.63, 3.8) is 0 Å². The minimum Gasteiger partial charge on any atom is -0.384 e. The summed E-state index contributed by atoms with van der Waals surface area (Å²) in [5.41, 5.74) is -0.528. The average molecular weight is 352 g/mol. The Morgan fingerprint density at radius 1 is 1.30 bits per heavy atom. The van der Waals surface area contributed by atoms with Gasteiger partial charge >= 0.3 is 6.18 Å². The summed E-state index contributed by atoms with van der Waals surface area (Å²) in [6.45, 7) is 3.93. The molecule has 20 heavy (non-hydrogen) atoms. The molecule has 0 bridgehead atoms. The van der Waals surface area contributed by atoms with Gasteiger partial charge in [0.05, 0.1) is 5.56 Å². The molecule has 2 rings (SSSR count). The molecule has 1 heterocycles. The Labute approximate surface area is 124 Å². The van der Waals surface area contributed by atoms with Crippen molar-refractivity contribution in [1.82, 2.24) is 0 Å². The highest BCUT2D eigenvalue weighted by molar-refractivity contribution is 9.10. The van der Waals surface area contributed by atoms with Crippen molar-refractivity contribution in [2.75, 3.05) is 25.1 Å². The number of anilines is 1. The molecule has 1 aromatic carbocycles. The highest BCUT2D eigenvalue weighted by Crippen LogP contribution is 2.37. The lowest BCUT2D eigenvalue weighted by Crippen LogP contribution is -2.33. The predicted octanol–water partition coefficient (Wildman–Crippen LogP) is 4.70. The molecule has 0 radical (unpaired) electrons. The quantitative estimate of drug-likeness (QED) is 0.852. The Balaban J connectivity index is 2.14. The average Bonchev–Trinajstić information content (AvgIpc) is 2.36. The molecule has 1 aliphatic rings. The van der Waals surface area contributed by atoms with Gasteiger partial charge in [-0.15, -0.1) is 0 Å². The van der Waals surface area contributed by atoms with Crippen LogP contribution in [0, 0.1) is 5.41 Å². The van der Waals surface area contributed by atoms with Crippen LogP contribution < -0.4 is 5.32 Å². The molecule has 1 aliphatic heterocycles. The monoisotopic (exact) mass is 351 g/mol. The SMILES string of the molecule is CC1(CNc2cc(Br)ccc2C(F)(F)F)CCOCC1. The number of ether oxygens (including phenoxy) is 1. The lowest BCUT2D eigenvalue weighted by atomic mass is 9.82. The van der Waals surface area contributed by atoms with Gasteiger partial charge in [0.1, 0.15) is 0 Å². The molecule has 0 aromatic heterocycles. The molecule has 0 aliphatic carbocycles. The first-order valence-electron chi connectivity index (χ1n) is 6.49. The zero-order valence-corrected chi connectivity index (χ0v) is 12.8. The maximum absolute atomic E-state index is 13.0. The summed E-state index contributed by atoms with van der Waals surface area (Å²) in [5.74, 6) is 0. The van der Waals surface area contributed by atoms with Gasteiger partial charge in [-0.05, 0) is 36.5 Å². The first-order valence-corrected chi connectivity index (χ1v) is 7.28. The Bertz CT molecular complexity index is 470. The first kappa shape index (κ1) is 15.6.